The normalized spacial score (nSPS) is 14.9. The molecule has 4 heteroatoms. The molecule has 1 saturated carbocycles. The van der Waals surface area contributed by atoms with Crippen LogP contribution in [0.3, 0.4) is 0 Å². The molecular weight excluding hydrogens is 214 g/mol. The average molecular weight is 235 g/mol. The SMILES string of the molecule is CN(CCOCC1CC1)c1ccc(CN)cn1. The third kappa shape index (κ3) is 3.98. The minimum atomic E-state index is 0.543. The van der Waals surface area contributed by atoms with Crippen LogP contribution in [0.5, 0.6) is 0 Å². The Bertz CT molecular complexity index is 335. The van der Waals surface area contributed by atoms with Gasteiger partial charge in [-0.1, -0.05) is 6.07 Å². The molecule has 0 atom stereocenters. The Morgan fingerprint density at radius 2 is 2.29 bits per heavy atom. The monoisotopic (exact) mass is 235 g/mol. The molecule has 94 valence electrons. The van der Waals surface area contributed by atoms with Crippen LogP contribution in [0.1, 0.15) is 18.4 Å². The summed E-state index contributed by atoms with van der Waals surface area (Å²) in [7, 11) is 2.03. The van der Waals surface area contributed by atoms with E-state index in [4.69, 9.17) is 10.5 Å². The van der Waals surface area contributed by atoms with E-state index in [1.54, 1.807) is 0 Å². The minimum absolute atomic E-state index is 0.543. The smallest absolute Gasteiger partial charge is 0.128 e. The van der Waals surface area contributed by atoms with Crippen molar-refractivity contribution in [2.45, 2.75) is 19.4 Å². The highest BCUT2D eigenvalue weighted by Gasteiger charge is 2.20. The highest BCUT2D eigenvalue weighted by atomic mass is 16.5. The number of likely N-dealkylation sites (N-methyl/N-ethyl adjacent to an activating group) is 1. The van der Waals surface area contributed by atoms with Crippen LogP contribution < -0.4 is 10.6 Å². The highest BCUT2D eigenvalue weighted by molar-refractivity contribution is 5.38. The Morgan fingerprint density at radius 3 is 2.88 bits per heavy atom. The Morgan fingerprint density at radius 1 is 1.47 bits per heavy atom. The number of ether oxygens (including phenoxy) is 1. The first-order valence-electron chi connectivity index (χ1n) is 6.23. The third-order valence-corrected chi connectivity index (χ3v) is 3.06. The van der Waals surface area contributed by atoms with Crippen LogP contribution in [0.2, 0.25) is 0 Å². The molecule has 0 unspecified atom stereocenters. The summed E-state index contributed by atoms with van der Waals surface area (Å²) in [4.78, 5) is 6.47. The van der Waals surface area contributed by atoms with E-state index in [2.05, 4.69) is 9.88 Å². The lowest BCUT2D eigenvalue weighted by atomic mass is 10.3. The minimum Gasteiger partial charge on any atom is -0.379 e. The zero-order chi connectivity index (χ0) is 12.1. The molecule has 0 saturated heterocycles. The van der Waals surface area contributed by atoms with Crippen LogP contribution in [-0.2, 0) is 11.3 Å². The van der Waals surface area contributed by atoms with Crippen molar-refractivity contribution < 1.29 is 4.74 Å². The maximum absolute atomic E-state index is 5.61. The van der Waals surface area contributed by atoms with Crippen molar-refractivity contribution in [1.29, 1.82) is 0 Å². The second kappa shape index (κ2) is 5.98. The first-order valence-corrected chi connectivity index (χ1v) is 6.23. The molecular formula is C13H21N3O. The number of aromatic nitrogens is 1. The van der Waals surface area contributed by atoms with Crippen molar-refractivity contribution in [1.82, 2.24) is 4.98 Å². The van der Waals surface area contributed by atoms with E-state index in [9.17, 15) is 0 Å². The van der Waals surface area contributed by atoms with Crippen LogP contribution in [0.4, 0.5) is 5.82 Å². The van der Waals surface area contributed by atoms with E-state index < -0.39 is 0 Å². The summed E-state index contributed by atoms with van der Waals surface area (Å²) in [6.45, 7) is 3.11. The van der Waals surface area contributed by atoms with E-state index in [1.807, 2.05) is 25.4 Å². The topological polar surface area (TPSA) is 51.4 Å². The van der Waals surface area contributed by atoms with Crippen molar-refractivity contribution >= 4 is 5.82 Å². The molecule has 0 bridgehead atoms. The van der Waals surface area contributed by atoms with Gasteiger partial charge in [-0.3, -0.25) is 0 Å². The van der Waals surface area contributed by atoms with Gasteiger partial charge in [-0.15, -0.1) is 0 Å². The molecule has 0 amide bonds. The molecule has 1 aliphatic rings. The molecule has 2 rings (SSSR count). The van der Waals surface area contributed by atoms with Gasteiger partial charge < -0.3 is 15.4 Å². The van der Waals surface area contributed by atoms with Gasteiger partial charge >= 0.3 is 0 Å². The van der Waals surface area contributed by atoms with Crippen molar-refractivity contribution in [3.8, 4) is 0 Å². The molecule has 1 aliphatic carbocycles. The fraction of sp³-hybridized carbons (Fsp3) is 0.615. The summed E-state index contributed by atoms with van der Waals surface area (Å²) in [5.74, 6) is 1.81. The summed E-state index contributed by atoms with van der Waals surface area (Å²) in [5, 5.41) is 0. The molecule has 4 nitrogen and oxygen atoms in total. The maximum atomic E-state index is 5.61. The molecule has 0 radical (unpaired) electrons. The van der Waals surface area contributed by atoms with Gasteiger partial charge in [-0.05, 0) is 30.4 Å². The predicted molar refractivity (Wildman–Crippen MR) is 68.9 cm³/mol. The zero-order valence-electron chi connectivity index (χ0n) is 10.4. The molecule has 1 aromatic heterocycles. The zero-order valence-corrected chi connectivity index (χ0v) is 10.4. The molecule has 17 heavy (non-hydrogen) atoms. The van der Waals surface area contributed by atoms with Gasteiger partial charge in [0.05, 0.1) is 6.61 Å². The predicted octanol–water partition coefficient (Wildman–Crippen LogP) is 1.40. The van der Waals surface area contributed by atoms with Crippen LogP contribution in [0, 0.1) is 5.92 Å². The number of rotatable bonds is 7. The fourth-order valence-corrected chi connectivity index (χ4v) is 1.61. The molecule has 0 spiro atoms. The maximum Gasteiger partial charge on any atom is 0.128 e. The number of pyridine rings is 1. The van der Waals surface area contributed by atoms with Gasteiger partial charge in [0.1, 0.15) is 5.82 Å². The van der Waals surface area contributed by atoms with E-state index in [-0.39, 0.29) is 0 Å². The van der Waals surface area contributed by atoms with Crippen LogP contribution in [0.15, 0.2) is 18.3 Å². The van der Waals surface area contributed by atoms with Crippen molar-refractivity contribution in [3.63, 3.8) is 0 Å². The second-order valence-corrected chi connectivity index (χ2v) is 4.67. The van der Waals surface area contributed by atoms with Gasteiger partial charge in [-0.2, -0.15) is 0 Å². The van der Waals surface area contributed by atoms with Gasteiger partial charge in [0.15, 0.2) is 0 Å². The van der Waals surface area contributed by atoms with Gasteiger partial charge in [-0.25, -0.2) is 4.98 Å². The van der Waals surface area contributed by atoms with Crippen LogP contribution >= 0.6 is 0 Å². The summed E-state index contributed by atoms with van der Waals surface area (Å²) in [5.41, 5.74) is 6.60. The molecule has 1 aromatic rings. The summed E-state index contributed by atoms with van der Waals surface area (Å²) in [6, 6.07) is 4.02. The number of hydrogen-bond acceptors (Lipinski definition) is 4. The molecule has 0 aromatic carbocycles. The fourth-order valence-electron chi connectivity index (χ4n) is 1.61. The Hall–Kier alpha value is -1.13. The van der Waals surface area contributed by atoms with Gasteiger partial charge in [0.25, 0.3) is 0 Å². The van der Waals surface area contributed by atoms with E-state index in [0.717, 1.165) is 37.1 Å². The van der Waals surface area contributed by atoms with Gasteiger partial charge in [0.2, 0.25) is 0 Å². The molecule has 1 heterocycles. The van der Waals surface area contributed by atoms with E-state index in [1.165, 1.54) is 12.8 Å². The largest absolute Gasteiger partial charge is 0.379 e. The first-order chi connectivity index (χ1) is 8.29. The molecule has 0 aliphatic heterocycles. The third-order valence-electron chi connectivity index (χ3n) is 3.06. The van der Waals surface area contributed by atoms with Crippen LogP contribution in [-0.4, -0.2) is 31.8 Å². The lowest BCUT2D eigenvalue weighted by Crippen LogP contribution is -2.23. The number of anilines is 1. The lowest BCUT2D eigenvalue weighted by Gasteiger charge is -2.18. The Labute approximate surface area is 103 Å². The first kappa shape index (κ1) is 12.3. The molecule has 1 fully saturated rings. The standard InChI is InChI=1S/C13H21N3O/c1-16(6-7-17-10-11-2-3-11)13-5-4-12(8-14)9-15-13/h4-5,9,11H,2-3,6-8,10,14H2,1H3. The molecule has 2 N–H and O–H groups in total. The Balaban J connectivity index is 1.71. The number of nitrogens with two attached hydrogens (primary N) is 1. The van der Waals surface area contributed by atoms with Crippen LogP contribution in [0.25, 0.3) is 0 Å². The van der Waals surface area contributed by atoms with E-state index >= 15 is 0 Å². The lowest BCUT2D eigenvalue weighted by molar-refractivity contribution is 0.131. The number of nitrogens with zero attached hydrogens (tertiary/aromatic N) is 2. The van der Waals surface area contributed by atoms with Crippen molar-refractivity contribution in [2.75, 3.05) is 31.7 Å². The van der Waals surface area contributed by atoms with Crippen molar-refractivity contribution in [3.05, 3.63) is 23.9 Å². The second-order valence-electron chi connectivity index (χ2n) is 4.67. The Kier molecular flexibility index (Phi) is 4.34. The average Bonchev–Trinajstić information content (AvgIpc) is 3.18. The van der Waals surface area contributed by atoms with Gasteiger partial charge in [0, 0.05) is 32.9 Å². The number of hydrogen-bond donors (Lipinski definition) is 1. The van der Waals surface area contributed by atoms with E-state index in [0.29, 0.717) is 6.54 Å². The highest BCUT2D eigenvalue weighted by Crippen LogP contribution is 2.28. The summed E-state index contributed by atoms with van der Waals surface area (Å²) in [6.07, 6.45) is 4.52. The quantitative estimate of drug-likeness (QED) is 0.726. The summed E-state index contributed by atoms with van der Waals surface area (Å²) < 4.78 is 5.61. The summed E-state index contributed by atoms with van der Waals surface area (Å²) >= 11 is 0. The van der Waals surface area contributed by atoms with Crippen molar-refractivity contribution in [2.24, 2.45) is 11.7 Å².